The molecule has 0 atom stereocenters. The van der Waals surface area contributed by atoms with Gasteiger partial charge in [0.25, 0.3) is 0 Å². The van der Waals surface area contributed by atoms with E-state index in [-0.39, 0.29) is 5.69 Å². The van der Waals surface area contributed by atoms with Gasteiger partial charge in [0.05, 0.1) is 11.9 Å². The first-order valence-corrected chi connectivity index (χ1v) is 5.67. The predicted octanol–water partition coefficient (Wildman–Crippen LogP) is 3.14. The maximum atomic E-state index is 13.0. The molecule has 0 bridgehead atoms. The highest BCUT2D eigenvalue weighted by atomic mass is 19.1. The maximum absolute atomic E-state index is 13.0. The van der Waals surface area contributed by atoms with Gasteiger partial charge in [-0.2, -0.15) is 5.10 Å². The molecule has 0 radical (unpaired) electrons. The van der Waals surface area contributed by atoms with Crippen molar-refractivity contribution < 1.29 is 9.13 Å². The van der Waals surface area contributed by atoms with Gasteiger partial charge in [-0.1, -0.05) is 18.2 Å². The molecule has 2 aromatic carbocycles. The normalized spacial score (nSPS) is 10.6. The van der Waals surface area contributed by atoms with Crippen LogP contribution in [0.15, 0.2) is 48.7 Å². The van der Waals surface area contributed by atoms with E-state index in [4.69, 9.17) is 10.5 Å². The van der Waals surface area contributed by atoms with Crippen LogP contribution in [-0.2, 0) is 0 Å². The van der Waals surface area contributed by atoms with Crippen LogP contribution < -0.4 is 10.5 Å². The molecule has 3 aromatic rings. The third-order valence-electron chi connectivity index (χ3n) is 2.72. The molecule has 0 aliphatic carbocycles. The van der Waals surface area contributed by atoms with Gasteiger partial charge in [-0.15, -0.1) is 5.10 Å². The standard InChI is InChI=1S/C14H10FN3O/c15-10-5-6-13(12(16)7-10)19-14-11-4-2-1-3-9(11)8-17-18-14/h1-8H,16H2. The van der Waals surface area contributed by atoms with E-state index in [1.807, 2.05) is 24.3 Å². The van der Waals surface area contributed by atoms with E-state index in [0.29, 0.717) is 11.6 Å². The first-order valence-electron chi connectivity index (χ1n) is 5.67. The number of fused-ring (bicyclic) bond motifs is 1. The Morgan fingerprint density at radius 3 is 2.79 bits per heavy atom. The first-order chi connectivity index (χ1) is 9.24. The van der Waals surface area contributed by atoms with Crippen molar-refractivity contribution in [3.05, 3.63) is 54.5 Å². The summed E-state index contributed by atoms with van der Waals surface area (Å²) < 4.78 is 18.6. The Morgan fingerprint density at radius 1 is 1.11 bits per heavy atom. The molecular weight excluding hydrogens is 245 g/mol. The number of nitrogens with two attached hydrogens (primary N) is 1. The quantitative estimate of drug-likeness (QED) is 0.714. The van der Waals surface area contributed by atoms with E-state index >= 15 is 0 Å². The van der Waals surface area contributed by atoms with Crippen molar-refractivity contribution in [3.63, 3.8) is 0 Å². The molecule has 1 heterocycles. The maximum Gasteiger partial charge on any atom is 0.246 e. The van der Waals surface area contributed by atoms with Gasteiger partial charge in [-0.05, 0) is 18.2 Å². The zero-order chi connectivity index (χ0) is 13.2. The molecule has 1 aromatic heterocycles. The monoisotopic (exact) mass is 255 g/mol. The fraction of sp³-hybridized carbons (Fsp3) is 0. The summed E-state index contributed by atoms with van der Waals surface area (Å²) in [6.07, 6.45) is 1.65. The number of anilines is 1. The number of halogens is 1. The third kappa shape index (κ3) is 2.18. The van der Waals surface area contributed by atoms with Gasteiger partial charge in [0, 0.05) is 16.8 Å². The molecule has 4 nitrogen and oxygen atoms in total. The predicted molar refractivity (Wildman–Crippen MR) is 70.4 cm³/mol. The number of nitrogens with zero attached hydrogens (tertiary/aromatic N) is 2. The number of benzene rings is 2. The van der Waals surface area contributed by atoms with E-state index in [1.165, 1.54) is 18.2 Å². The summed E-state index contributed by atoms with van der Waals surface area (Å²) in [5.74, 6) is 0.289. The number of ether oxygens (including phenoxy) is 1. The van der Waals surface area contributed by atoms with Crippen molar-refractivity contribution in [1.82, 2.24) is 10.2 Å². The molecule has 0 aliphatic heterocycles. The minimum Gasteiger partial charge on any atom is -0.435 e. The Hall–Kier alpha value is -2.69. The largest absolute Gasteiger partial charge is 0.435 e. The summed E-state index contributed by atoms with van der Waals surface area (Å²) >= 11 is 0. The van der Waals surface area contributed by atoms with E-state index in [9.17, 15) is 4.39 Å². The highest BCUT2D eigenvalue weighted by Crippen LogP contribution is 2.30. The summed E-state index contributed by atoms with van der Waals surface area (Å²) in [4.78, 5) is 0. The summed E-state index contributed by atoms with van der Waals surface area (Å²) in [6, 6.07) is 11.5. The Morgan fingerprint density at radius 2 is 1.95 bits per heavy atom. The molecular formula is C14H10FN3O. The van der Waals surface area contributed by atoms with E-state index < -0.39 is 5.82 Å². The van der Waals surface area contributed by atoms with Crippen LogP contribution in [0, 0.1) is 5.82 Å². The summed E-state index contributed by atoms with van der Waals surface area (Å²) in [7, 11) is 0. The van der Waals surface area contributed by atoms with Gasteiger partial charge >= 0.3 is 0 Å². The molecule has 0 aliphatic rings. The molecule has 0 saturated heterocycles. The second-order valence-corrected chi connectivity index (χ2v) is 4.02. The highest BCUT2D eigenvalue weighted by Gasteiger charge is 2.08. The molecule has 0 spiro atoms. The topological polar surface area (TPSA) is 61.0 Å². The van der Waals surface area contributed by atoms with Crippen molar-refractivity contribution in [3.8, 4) is 11.6 Å². The van der Waals surface area contributed by atoms with Gasteiger partial charge in [0.15, 0.2) is 5.75 Å². The average Bonchev–Trinajstić information content (AvgIpc) is 2.42. The van der Waals surface area contributed by atoms with Crippen molar-refractivity contribution in [1.29, 1.82) is 0 Å². The van der Waals surface area contributed by atoms with Gasteiger partial charge in [0.2, 0.25) is 5.88 Å². The molecule has 19 heavy (non-hydrogen) atoms. The second-order valence-electron chi connectivity index (χ2n) is 4.02. The van der Waals surface area contributed by atoms with Gasteiger partial charge in [0.1, 0.15) is 5.82 Å². The Balaban J connectivity index is 2.06. The number of rotatable bonds is 2. The van der Waals surface area contributed by atoms with E-state index in [0.717, 1.165) is 10.8 Å². The van der Waals surface area contributed by atoms with Crippen LogP contribution in [0.3, 0.4) is 0 Å². The van der Waals surface area contributed by atoms with Gasteiger partial charge < -0.3 is 10.5 Å². The Bertz CT molecular complexity index is 740. The van der Waals surface area contributed by atoms with E-state index in [2.05, 4.69) is 10.2 Å². The molecule has 0 unspecified atom stereocenters. The zero-order valence-electron chi connectivity index (χ0n) is 9.88. The summed E-state index contributed by atoms with van der Waals surface area (Å²) in [5.41, 5.74) is 5.92. The first kappa shape index (κ1) is 11.4. The fourth-order valence-corrected chi connectivity index (χ4v) is 1.79. The van der Waals surface area contributed by atoms with Crippen molar-refractivity contribution >= 4 is 16.5 Å². The molecule has 0 saturated carbocycles. The van der Waals surface area contributed by atoms with Crippen LogP contribution in [0.2, 0.25) is 0 Å². The molecule has 94 valence electrons. The minimum atomic E-state index is -0.408. The third-order valence-corrected chi connectivity index (χ3v) is 2.72. The molecule has 5 heteroatoms. The minimum absolute atomic E-state index is 0.217. The van der Waals surface area contributed by atoms with Crippen molar-refractivity contribution in [2.45, 2.75) is 0 Å². The van der Waals surface area contributed by atoms with Crippen molar-refractivity contribution in [2.24, 2.45) is 0 Å². The lowest BCUT2D eigenvalue weighted by Gasteiger charge is -2.08. The Labute approximate surface area is 108 Å². The average molecular weight is 255 g/mol. The van der Waals surface area contributed by atoms with Crippen LogP contribution >= 0.6 is 0 Å². The fourth-order valence-electron chi connectivity index (χ4n) is 1.79. The van der Waals surface area contributed by atoms with Crippen LogP contribution in [0.5, 0.6) is 11.6 Å². The highest BCUT2D eigenvalue weighted by molar-refractivity contribution is 5.86. The zero-order valence-corrected chi connectivity index (χ0v) is 9.88. The van der Waals surface area contributed by atoms with Crippen LogP contribution in [0.4, 0.5) is 10.1 Å². The van der Waals surface area contributed by atoms with Gasteiger partial charge in [-0.25, -0.2) is 4.39 Å². The lowest BCUT2D eigenvalue weighted by molar-refractivity contribution is 0.462. The van der Waals surface area contributed by atoms with Crippen LogP contribution in [0.25, 0.3) is 10.8 Å². The molecule has 0 amide bonds. The SMILES string of the molecule is Nc1cc(F)ccc1Oc1nncc2ccccc12. The number of aromatic nitrogens is 2. The van der Waals surface area contributed by atoms with Crippen LogP contribution in [-0.4, -0.2) is 10.2 Å². The molecule has 3 rings (SSSR count). The van der Waals surface area contributed by atoms with Crippen molar-refractivity contribution in [2.75, 3.05) is 5.73 Å². The summed E-state index contributed by atoms with van der Waals surface area (Å²) in [6.45, 7) is 0. The second kappa shape index (κ2) is 4.53. The molecule has 2 N–H and O–H groups in total. The lowest BCUT2D eigenvalue weighted by atomic mass is 10.2. The van der Waals surface area contributed by atoms with Gasteiger partial charge in [-0.3, -0.25) is 0 Å². The van der Waals surface area contributed by atoms with E-state index in [1.54, 1.807) is 6.20 Å². The van der Waals surface area contributed by atoms with Crippen LogP contribution in [0.1, 0.15) is 0 Å². The number of nitrogen functional groups attached to an aromatic ring is 1. The summed E-state index contributed by atoms with van der Waals surface area (Å²) in [5, 5.41) is 9.54. The smallest absolute Gasteiger partial charge is 0.246 e. The number of hydrogen-bond acceptors (Lipinski definition) is 4. The Kier molecular flexibility index (Phi) is 2.72. The molecule has 0 fully saturated rings. The lowest BCUT2D eigenvalue weighted by Crippen LogP contribution is -1.96. The number of hydrogen-bond donors (Lipinski definition) is 1.